The summed E-state index contributed by atoms with van der Waals surface area (Å²) in [6.45, 7) is 1.34. The highest BCUT2D eigenvalue weighted by Gasteiger charge is 2.09. The number of thioether (sulfide) groups is 1. The Kier molecular flexibility index (Phi) is 8.71. The normalized spacial score (nSPS) is 10.0. The minimum atomic E-state index is -0.828. The average Bonchev–Trinajstić information content (AvgIpc) is 2.57. The molecule has 0 aliphatic heterocycles. The van der Waals surface area contributed by atoms with Gasteiger partial charge in [0, 0.05) is 17.0 Å². The number of hydrogen-bond acceptors (Lipinski definition) is 7. The van der Waals surface area contributed by atoms with Gasteiger partial charge in [0.25, 0.3) is 5.91 Å². The first-order valence-electron chi connectivity index (χ1n) is 6.97. The lowest BCUT2D eigenvalue weighted by molar-refractivity contribution is -0.143. The summed E-state index contributed by atoms with van der Waals surface area (Å²) < 4.78 is 9.33. The SMILES string of the molecule is CCOC(=O)/C=C/C(=O)OCC(=O)Nc1ccccc1SCC#N. The Morgan fingerprint density at radius 3 is 2.54 bits per heavy atom. The quantitative estimate of drug-likeness (QED) is 0.434. The maximum Gasteiger partial charge on any atom is 0.331 e. The van der Waals surface area contributed by atoms with E-state index in [1.807, 2.05) is 6.07 Å². The number of carbonyl (C=O) groups excluding carboxylic acids is 3. The molecule has 0 unspecified atom stereocenters. The fourth-order valence-corrected chi connectivity index (χ4v) is 2.17. The van der Waals surface area contributed by atoms with Crippen LogP contribution in [0, 0.1) is 11.3 Å². The molecule has 0 radical (unpaired) electrons. The third-order valence-corrected chi connectivity index (χ3v) is 3.38. The number of esters is 2. The van der Waals surface area contributed by atoms with Gasteiger partial charge in [0.2, 0.25) is 0 Å². The monoisotopic (exact) mass is 348 g/mol. The Labute approximate surface area is 143 Å². The van der Waals surface area contributed by atoms with E-state index in [0.717, 1.165) is 17.0 Å². The van der Waals surface area contributed by atoms with Gasteiger partial charge >= 0.3 is 11.9 Å². The first-order valence-corrected chi connectivity index (χ1v) is 7.95. The van der Waals surface area contributed by atoms with Crippen molar-refractivity contribution in [2.75, 3.05) is 24.3 Å². The van der Waals surface area contributed by atoms with Crippen molar-refractivity contribution in [1.82, 2.24) is 0 Å². The lowest BCUT2D eigenvalue weighted by Gasteiger charge is -2.09. The van der Waals surface area contributed by atoms with Crippen LogP contribution in [-0.2, 0) is 23.9 Å². The molecule has 0 heterocycles. The fraction of sp³-hybridized carbons (Fsp3) is 0.250. The standard InChI is InChI=1S/C16H16N2O5S/c1-2-22-15(20)7-8-16(21)23-11-14(19)18-12-5-3-4-6-13(12)24-10-9-17/h3-8H,2,10-11H2,1H3,(H,18,19)/b8-7+. The van der Waals surface area contributed by atoms with Crippen LogP contribution in [0.2, 0.25) is 0 Å². The third kappa shape index (κ3) is 7.47. The molecule has 0 fully saturated rings. The molecule has 7 nitrogen and oxygen atoms in total. The van der Waals surface area contributed by atoms with E-state index in [1.54, 1.807) is 31.2 Å². The fourth-order valence-electron chi connectivity index (χ4n) is 1.50. The highest BCUT2D eigenvalue weighted by atomic mass is 32.2. The molecule has 0 aliphatic carbocycles. The van der Waals surface area contributed by atoms with Gasteiger partial charge in [-0.2, -0.15) is 5.26 Å². The maximum absolute atomic E-state index is 11.8. The molecule has 1 N–H and O–H groups in total. The van der Waals surface area contributed by atoms with Crippen LogP contribution in [0.3, 0.4) is 0 Å². The summed E-state index contributed by atoms with van der Waals surface area (Å²) in [5, 5.41) is 11.2. The summed E-state index contributed by atoms with van der Waals surface area (Å²) in [6.07, 6.45) is 1.82. The number of nitrogens with one attached hydrogen (secondary N) is 1. The molecule has 0 bridgehead atoms. The van der Waals surface area contributed by atoms with Crippen LogP contribution in [0.5, 0.6) is 0 Å². The van der Waals surface area contributed by atoms with Gasteiger partial charge in [-0.3, -0.25) is 4.79 Å². The van der Waals surface area contributed by atoms with Crippen molar-refractivity contribution >= 4 is 35.3 Å². The number of amides is 1. The zero-order valence-corrected chi connectivity index (χ0v) is 13.8. The molecule has 1 rings (SSSR count). The van der Waals surface area contributed by atoms with E-state index < -0.39 is 24.5 Å². The molecule has 0 aliphatic rings. The van der Waals surface area contributed by atoms with E-state index in [4.69, 9.17) is 10.00 Å². The molecule has 1 aromatic rings. The molecule has 1 amide bonds. The Morgan fingerprint density at radius 2 is 1.88 bits per heavy atom. The van der Waals surface area contributed by atoms with Gasteiger partial charge in [-0.25, -0.2) is 9.59 Å². The molecule has 0 atom stereocenters. The third-order valence-electron chi connectivity index (χ3n) is 2.44. The lowest BCUT2D eigenvalue weighted by atomic mass is 10.3. The first kappa shape index (κ1) is 19.3. The molecule has 1 aromatic carbocycles. The first-order chi connectivity index (χ1) is 11.6. The van der Waals surface area contributed by atoms with Gasteiger partial charge in [0.05, 0.1) is 24.1 Å². The van der Waals surface area contributed by atoms with E-state index in [1.165, 1.54) is 11.8 Å². The predicted molar refractivity (Wildman–Crippen MR) is 88.1 cm³/mol. The summed E-state index contributed by atoms with van der Waals surface area (Å²) in [6, 6.07) is 8.98. The number of nitrogens with zero attached hydrogens (tertiary/aromatic N) is 1. The van der Waals surface area contributed by atoms with Gasteiger partial charge in [0.15, 0.2) is 6.61 Å². The number of anilines is 1. The maximum atomic E-state index is 11.8. The van der Waals surface area contributed by atoms with Crippen molar-refractivity contribution in [1.29, 1.82) is 5.26 Å². The van der Waals surface area contributed by atoms with Crippen LogP contribution in [0.1, 0.15) is 6.92 Å². The highest BCUT2D eigenvalue weighted by molar-refractivity contribution is 7.99. The smallest absolute Gasteiger partial charge is 0.331 e. The van der Waals surface area contributed by atoms with E-state index in [-0.39, 0.29) is 12.4 Å². The summed E-state index contributed by atoms with van der Waals surface area (Å²) in [4.78, 5) is 35.0. The van der Waals surface area contributed by atoms with Crippen molar-refractivity contribution in [2.24, 2.45) is 0 Å². The van der Waals surface area contributed by atoms with Gasteiger partial charge in [0.1, 0.15) is 0 Å². The Bertz CT molecular complexity index is 667. The van der Waals surface area contributed by atoms with Crippen LogP contribution in [-0.4, -0.2) is 36.8 Å². The lowest BCUT2D eigenvalue weighted by Crippen LogP contribution is -2.20. The minimum Gasteiger partial charge on any atom is -0.463 e. The van der Waals surface area contributed by atoms with Gasteiger partial charge in [-0.15, -0.1) is 11.8 Å². The molecule has 8 heteroatoms. The molecular formula is C16H16N2O5S. The molecule has 0 saturated carbocycles. The number of hydrogen-bond donors (Lipinski definition) is 1. The van der Waals surface area contributed by atoms with Crippen LogP contribution in [0.25, 0.3) is 0 Å². The molecule has 0 saturated heterocycles. The average molecular weight is 348 g/mol. The van der Waals surface area contributed by atoms with Crippen molar-refractivity contribution in [3.05, 3.63) is 36.4 Å². The van der Waals surface area contributed by atoms with Crippen LogP contribution in [0.15, 0.2) is 41.3 Å². The number of benzene rings is 1. The number of nitriles is 1. The summed E-state index contributed by atoms with van der Waals surface area (Å²) in [5.41, 5.74) is 0.529. The van der Waals surface area contributed by atoms with E-state index in [9.17, 15) is 14.4 Å². The Balaban J connectivity index is 2.48. The second kappa shape index (κ2) is 10.9. The minimum absolute atomic E-state index is 0.198. The number of rotatable bonds is 8. The van der Waals surface area contributed by atoms with Crippen molar-refractivity contribution in [3.63, 3.8) is 0 Å². The summed E-state index contributed by atoms with van der Waals surface area (Å²) in [5.74, 6) is -1.77. The van der Waals surface area contributed by atoms with Crippen molar-refractivity contribution in [3.8, 4) is 6.07 Å². The van der Waals surface area contributed by atoms with Gasteiger partial charge < -0.3 is 14.8 Å². The van der Waals surface area contributed by atoms with Gasteiger partial charge in [-0.1, -0.05) is 12.1 Å². The van der Waals surface area contributed by atoms with Gasteiger partial charge in [-0.05, 0) is 19.1 Å². The van der Waals surface area contributed by atoms with Crippen LogP contribution in [0.4, 0.5) is 5.69 Å². The molecule has 24 heavy (non-hydrogen) atoms. The van der Waals surface area contributed by atoms with Crippen molar-refractivity contribution in [2.45, 2.75) is 11.8 Å². The Hall–Kier alpha value is -2.79. The second-order valence-electron chi connectivity index (χ2n) is 4.18. The molecule has 0 spiro atoms. The zero-order chi connectivity index (χ0) is 17.8. The summed E-state index contributed by atoms with van der Waals surface area (Å²) >= 11 is 1.28. The molecular weight excluding hydrogens is 332 g/mol. The van der Waals surface area contributed by atoms with E-state index >= 15 is 0 Å². The number of carbonyl (C=O) groups is 3. The number of para-hydroxylation sites is 1. The highest BCUT2D eigenvalue weighted by Crippen LogP contribution is 2.26. The zero-order valence-electron chi connectivity index (χ0n) is 13.0. The van der Waals surface area contributed by atoms with Crippen molar-refractivity contribution < 1.29 is 23.9 Å². The second-order valence-corrected chi connectivity index (χ2v) is 5.20. The largest absolute Gasteiger partial charge is 0.463 e. The number of ether oxygens (including phenoxy) is 2. The topological polar surface area (TPSA) is 105 Å². The van der Waals surface area contributed by atoms with Crippen LogP contribution >= 0.6 is 11.8 Å². The van der Waals surface area contributed by atoms with Crippen LogP contribution < -0.4 is 5.32 Å². The molecule has 126 valence electrons. The molecule has 0 aromatic heterocycles. The summed E-state index contributed by atoms with van der Waals surface area (Å²) in [7, 11) is 0. The Morgan fingerprint density at radius 1 is 1.21 bits per heavy atom. The van der Waals surface area contributed by atoms with E-state index in [2.05, 4.69) is 10.1 Å². The predicted octanol–water partition coefficient (Wildman–Crippen LogP) is 1.90. The van der Waals surface area contributed by atoms with E-state index in [0.29, 0.717) is 5.69 Å².